The van der Waals surface area contributed by atoms with E-state index in [0.717, 1.165) is 29.9 Å². The molecule has 1 fully saturated rings. The molecular formula is C14H20O2. The first kappa shape index (κ1) is 10.4. The van der Waals surface area contributed by atoms with Crippen LogP contribution >= 0.6 is 0 Å². The predicted octanol–water partition coefficient (Wildman–Crippen LogP) is 3.51. The van der Waals surface area contributed by atoms with Gasteiger partial charge in [0.1, 0.15) is 11.5 Å². The molecule has 2 aliphatic carbocycles. The van der Waals surface area contributed by atoms with E-state index in [4.69, 9.17) is 4.42 Å². The fourth-order valence-corrected chi connectivity index (χ4v) is 3.13. The summed E-state index contributed by atoms with van der Waals surface area (Å²) in [5.41, 5.74) is 1.11. The highest BCUT2D eigenvalue weighted by atomic mass is 16.3. The Morgan fingerprint density at radius 1 is 1.31 bits per heavy atom. The molecule has 1 N–H and O–H groups in total. The molecule has 0 aromatic carbocycles. The molecule has 0 amide bonds. The zero-order valence-corrected chi connectivity index (χ0v) is 10.3. The molecular weight excluding hydrogens is 200 g/mol. The van der Waals surface area contributed by atoms with Gasteiger partial charge in [-0.3, -0.25) is 0 Å². The van der Waals surface area contributed by atoms with Gasteiger partial charge in [0.05, 0.1) is 6.10 Å². The molecule has 3 rings (SSSR count). The molecule has 1 aromatic rings. The minimum atomic E-state index is -0.284. The van der Waals surface area contributed by atoms with Crippen LogP contribution < -0.4 is 0 Å². The molecule has 0 aliphatic heterocycles. The van der Waals surface area contributed by atoms with E-state index in [1.165, 1.54) is 6.42 Å². The largest absolute Gasteiger partial charge is 0.465 e. The van der Waals surface area contributed by atoms with Crippen LogP contribution in [0.5, 0.6) is 0 Å². The second-order valence-corrected chi connectivity index (χ2v) is 6.40. The molecule has 88 valence electrons. The lowest BCUT2D eigenvalue weighted by atomic mass is 9.85. The molecule has 0 spiro atoms. The highest BCUT2D eigenvalue weighted by molar-refractivity contribution is 5.34. The molecule has 2 bridgehead atoms. The van der Waals surface area contributed by atoms with Gasteiger partial charge in [-0.1, -0.05) is 20.8 Å². The number of hydrogen-bond acceptors (Lipinski definition) is 2. The summed E-state index contributed by atoms with van der Waals surface area (Å²) in [7, 11) is 0. The van der Waals surface area contributed by atoms with Crippen molar-refractivity contribution in [3.8, 4) is 0 Å². The van der Waals surface area contributed by atoms with Gasteiger partial charge in [-0.15, -0.1) is 0 Å². The third kappa shape index (κ3) is 1.36. The van der Waals surface area contributed by atoms with Gasteiger partial charge in [0.25, 0.3) is 0 Å². The van der Waals surface area contributed by atoms with Gasteiger partial charge in [0, 0.05) is 16.9 Å². The number of rotatable bonds is 0. The van der Waals surface area contributed by atoms with Gasteiger partial charge in [-0.25, -0.2) is 0 Å². The van der Waals surface area contributed by atoms with Gasteiger partial charge in [-0.2, -0.15) is 0 Å². The van der Waals surface area contributed by atoms with Crippen molar-refractivity contribution >= 4 is 0 Å². The van der Waals surface area contributed by atoms with E-state index in [2.05, 4.69) is 26.8 Å². The van der Waals surface area contributed by atoms with Crippen LogP contribution in [-0.2, 0) is 5.41 Å². The van der Waals surface area contributed by atoms with Gasteiger partial charge in [0.15, 0.2) is 0 Å². The maximum absolute atomic E-state index is 10.3. The number of furan rings is 1. The van der Waals surface area contributed by atoms with Crippen molar-refractivity contribution in [1.82, 2.24) is 0 Å². The summed E-state index contributed by atoms with van der Waals surface area (Å²) < 4.78 is 6.01. The van der Waals surface area contributed by atoms with E-state index in [9.17, 15) is 5.11 Å². The molecule has 0 radical (unpaired) electrons. The van der Waals surface area contributed by atoms with Crippen LogP contribution in [0, 0.1) is 5.92 Å². The molecule has 2 aliphatic rings. The van der Waals surface area contributed by atoms with Crippen LogP contribution in [-0.4, -0.2) is 5.11 Å². The first-order chi connectivity index (χ1) is 7.47. The van der Waals surface area contributed by atoms with E-state index in [0.29, 0.717) is 11.8 Å². The fraction of sp³-hybridized carbons (Fsp3) is 0.714. The summed E-state index contributed by atoms with van der Waals surface area (Å²) in [6, 6.07) is 2.09. The minimum Gasteiger partial charge on any atom is -0.465 e. The van der Waals surface area contributed by atoms with Crippen LogP contribution in [0.2, 0.25) is 0 Å². The Morgan fingerprint density at radius 2 is 2.06 bits per heavy atom. The lowest BCUT2D eigenvalue weighted by Crippen LogP contribution is -2.15. The van der Waals surface area contributed by atoms with Crippen LogP contribution in [0.4, 0.5) is 0 Å². The molecule has 1 aromatic heterocycles. The van der Waals surface area contributed by atoms with Gasteiger partial charge >= 0.3 is 0 Å². The number of aliphatic hydroxyl groups is 1. The Morgan fingerprint density at radius 3 is 2.75 bits per heavy atom. The molecule has 1 saturated carbocycles. The van der Waals surface area contributed by atoms with Crippen molar-refractivity contribution in [2.24, 2.45) is 5.92 Å². The lowest BCUT2D eigenvalue weighted by molar-refractivity contribution is 0.101. The molecule has 2 heteroatoms. The summed E-state index contributed by atoms with van der Waals surface area (Å²) in [5, 5.41) is 10.3. The minimum absolute atomic E-state index is 0.0380. The molecule has 3 atom stereocenters. The number of aliphatic hydroxyl groups excluding tert-OH is 1. The Kier molecular flexibility index (Phi) is 2.03. The van der Waals surface area contributed by atoms with E-state index in [1.807, 2.05) is 0 Å². The van der Waals surface area contributed by atoms with E-state index >= 15 is 0 Å². The first-order valence-electron chi connectivity index (χ1n) is 6.29. The van der Waals surface area contributed by atoms with Crippen LogP contribution in [0.25, 0.3) is 0 Å². The maximum Gasteiger partial charge on any atom is 0.113 e. The van der Waals surface area contributed by atoms with Crippen molar-refractivity contribution in [1.29, 1.82) is 0 Å². The molecule has 16 heavy (non-hydrogen) atoms. The molecule has 3 unspecified atom stereocenters. The van der Waals surface area contributed by atoms with Crippen LogP contribution in [0.15, 0.2) is 10.5 Å². The summed E-state index contributed by atoms with van der Waals surface area (Å²) in [5.74, 6) is 3.14. The van der Waals surface area contributed by atoms with E-state index in [-0.39, 0.29) is 11.5 Å². The van der Waals surface area contributed by atoms with Crippen molar-refractivity contribution in [2.45, 2.75) is 57.5 Å². The Hall–Kier alpha value is -0.760. The summed E-state index contributed by atoms with van der Waals surface area (Å²) >= 11 is 0. The van der Waals surface area contributed by atoms with Crippen molar-refractivity contribution < 1.29 is 9.52 Å². The smallest absolute Gasteiger partial charge is 0.113 e. The number of hydrogen-bond donors (Lipinski definition) is 1. The highest BCUT2D eigenvalue weighted by Crippen LogP contribution is 2.52. The van der Waals surface area contributed by atoms with Gasteiger partial charge in [-0.05, 0) is 31.2 Å². The monoisotopic (exact) mass is 220 g/mol. The molecule has 0 saturated heterocycles. The normalized spacial score (nSPS) is 32.9. The summed E-state index contributed by atoms with van der Waals surface area (Å²) in [6.07, 6.45) is 3.17. The first-order valence-corrected chi connectivity index (χ1v) is 6.29. The second kappa shape index (κ2) is 3.13. The lowest BCUT2D eigenvalue weighted by Gasteiger charge is -2.23. The topological polar surface area (TPSA) is 33.4 Å². The Bertz CT molecular complexity index is 397. The van der Waals surface area contributed by atoms with Crippen LogP contribution in [0.3, 0.4) is 0 Å². The fourth-order valence-electron chi connectivity index (χ4n) is 3.13. The van der Waals surface area contributed by atoms with E-state index in [1.54, 1.807) is 0 Å². The average Bonchev–Trinajstić information content (AvgIpc) is 2.80. The summed E-state index contributed by atoms with van der Waals surface area (Å²) in [4.78, 5) is 0. The molecule has 2 nitrogen and oxygen atoms in total. The van der Waals surface area contributed by atoms with Crippen LogP contribution in [0.1, 0.15) is 69.1 Å². The standard InChI is InChI=1S/C14H20O2/c1-14(2,3)11-7-10-12(15)8-4-5-9(6-8)13(10)16-11/h7-9,12,15H,4-6H2,1-3H3. The van der Waals surface area contributed by atoms with Gasteiger partial charge < -0.3 is 9.52 Å². The average molecular weight is 220 g/mol. The SMILES string of the molecule is CC(C)(C)c1cc2c(o1)C1CCC(C1)C2O. The van der Waals surface area contributed by atoms with Gasteiger partial charge in [0.2, 0.25) is 0 Å². The third-order valence-electron chi connectivity index (χ3n) is 4.14. The second-order valence-electron chi connectivity index (χ2n) is 6.40. The third-order valence-corrected chi connectivity index (χ3v) is 4.14. The van der Waals surface area contributed by atoms with Crippen molar-refractivity contribution in [2.75, 3.05) is 0 Å². The summed E-state index contributed by atoms with van der Waals surface area (Å²) in [6.45, 7) is 6.46. The maximum atomic E-state index is 10.3. The van der Waals surface area contributed by atoms with Crippen molar-refractivity contribution in [3.63, 3.8) is 0 Å². The predicted molar refractivity (Wildman–Crippen MR) is 62.4 cm³/mol. The molecule has 1 heterocycles. The Labute approximate surface area is 96.7 Å². The van der Waals surface area contributed by atoms with E-state index < -0.39 is 0 Å². The zero-order valence-electron chi connectivity index (χ0n) is 10.3. The Balaban J connectivity index is 2.08. The number of fused-ring (bicyclic) bond motifs is 4. The highest BCUT2D eigenvalue weighted by Gasteiger charge is 2.42. The zero-order chi connectivity index (χ0) is 11.5. The quantitative estimate of drug-likeness (QED) is 0.726. The van der Waals surface area contributed by atoms with Crippen molar-refractivity contribution in [3.05, 3.63) is 23.2 Å².